The number of benzene rings is 2. The molecule has 1 aliphatic rings. The van der Waals surface area contributed by atoms with E-state index in [1.54, 1.807) is 24.5 Å². The Kier molecular flexibility index (Phi) is 5.12. The average Bonchev–Trinajstić information content (AvgIpc) is 3.28. The van der Waals surface area contributed by atoms with Gasteiger partial charge in [0.15, 0.2) is 0 Å². The first-order valence-electron chi connectivity index (χ1n) is 9.88. The van der Waals surface area contributed by atoms with Gasteiger partial charge in [-0.25, -0.2) is 18.4 Å². The van der Waals surface area contributed by atoms with Crippen LogP contribution in [0, 0.1) is 6.92 Å². The van der Waals surface area contributed by atoms with E-state index < -0.39 is 10.0 Å². The van der Waals surface area contributed by atoms with E-state index in [0.29, 0.717) is 37.2 Å². The maximum Gasteiger partial charge on any atom is 0.245 e. The van der Waals surface area contributed by atoms with Gasteiger partial charge in [-0.1, -0.05) is 29.8 Å². The van der Waals surface area contributed by atoms with Gasteiger partial charge in [-0.2, -0.15) is 13.1 Å². The molecule has 8 nitrogen and oxygen atoms in total. The summed E-state index contributed by atoms with van der Waals surface area (Å²) in [6.45, 7) is 3.90. The lowest BCUT2D eigenvalue weighted by atomic mass is 10.1. The molecule has 0 amide bonds. The molecule has 3 heterocycles. The number of rotatable bonds is 4. The fourth-order valence-electron chi connectivity index (χ4n) is 3.77. The van der Waals surface area contributed by atoms with E-state index >= 15 is 0 Å². The van der Waals surface area contributed by atoms with E-state index in [4.69, 9.17) is 0 Å². The highest BCUT2D eigenvalue weighted by atomic mass is 32.2. The minimum absolute atomic E-state index is 0.218. The van der Waals surface area contributed by atoms with E-state index in [1.165, 1.54) is 9.87 Å². The van der Waals surface area contributed by atoms with E-state index in [-0.39, 0.29) is 4.90 Å². The monoisotopic (exact) mass is 452 g/mol. The molecule has 4 aromatic rings. The van der Waals surface area contributed by atoms with Crippen molar-refractivity contribution in [3.8, 4) is 11.3 Å². The standard InChI is InChI=1S/C21H20N6O2S2/c1-15-4-2-5-16(12-15)18-13-20(23-14-22-18)26-8-10-27(11-9-26)31(28,29)19-7-3-6-17-21(19)25-30-24-17/h2-7,12-14H,8-11H2,1H3. The number of hydrogen-bond acceptors (Lipinski definition) is 8. The van der Waals surface area contributed by atoms with Gasteiger partial charge in [-0.15, -0.1) is 0 Å². The van der Waals surface area contributed by atoms with Gasteiger partial charge in [0.25, 0.3) is 0 Å². The SMILES string of the molecule is Cc1cccc(-c2cc(N3CCN(S(=O)(=O)c4cccc5nsnc45)CC3)ncn2)c1. The van der Waals surface area contributed by atoms with Gasteiger partial charge in [0.1, 0.15) is 28.1 Å². The second-order valence-corrected chi connectivity index (χ2v) is 9.84. The fraction of sp³-hybridized carbons (Fsp3) is 0.238. The van der Waals surface area contributed by atoms with Gasteiger partial charge < -0.3 is 4.90 Å². The molecular weight excluding hydrogens is 432 g/mol. The first-order chi connectivity index (χ1) is 15.0. The van der Waals surface area contributed by atoms with Gasteiger partial charge in [-0.05, 0) is 25.1 Å². The van der Waals surface area contributed by atoms with Crippen molar-refractivity contribution in [3.05, 3.63) is 60.4 Å². The summed E-state index contributed by atoms with van der Waals surface area (Å²) in [4.78, 5) is 11.1. The van der Waals surface area contributed by atoms with Gasteiger partial charge >= 0.3 is 0 Å². The molecule has 0 aliphatic carbocycles. The average molecular weight is 453 g/mol. The Labute approximate surface area is 184 Å². The number of fused-ring (bicyclic) bond motifs is 1. The Morgan fingerprint density at radius 2 is 1.74 bits per heavy atom. The predicted octanol–water partition coefficient (Wildman–Crippen LogP) is 2.97. The van der Waals surface area contributed by atoms with Crippen LogP contribution in [-0.4, -0.2) is 57.6 Å². The van der Waals surface area contributed by atoms with Crippen LogP contribution in [-0.2, 0) is 10.0 Å². The molecule has 1 saturated heterocycles. The summed E-state index contributed by atoms with van der Waals surface area (Å²) in [6, 6.07) is 15.2. The number of hydrogen-bond donors (Lipinski definition) is 0. The molecule has 0 atom stereocenters. The molecule has 0 radical (unpaired) electrons. The molecule has 0 unspecified atom stereocenters. The van der Waals surface area contributed by atoms with Crippen molar-refractivity contribution in [2.24, 2.45) is 0 Å². The van der Waals surface area contributed by atoms with Gasteiger partial charge in [0.2, 0.25) is 10.0 Å². The summed E-state index contributed by atoms with van der Waals surface area (Å²) < 4.78 is 36.3. The fourth-order valence-corrected chi connectivity index (χ4v) is 5.94. The van der Waals surface area contributed by atoms with E-state index in [2.05, 4.69) is 29.7 Å². The number of aryl methyl sites for hydroxylation is 1. The van der Waals surface area contributed by atoms with E-state index in [1.807, 2.05) is 31.2 Å². The molecule has 0 N–H and O–H groups in total. The number of sulfonamides is 1. The molecule has 2 aromatic carbocycles. The van der Waals surface area contributed by atoms with Crippen molar-refractivity contribution in [2.75, 3.05) is 31.1 Å². The van der Waals surface area contributed by atoms with Crippen LogP contribution in [0.15, 0.2) is 59.8 Å². The number of aromatic nitrogens is 4. The van der Waals surface area contributed by atoms with Crippen molar-refractivity contribution in [1.29, 1.82) is 0 Å². The first kappa shape index (κ1) is 20.0. The number of piperazine rings is 1. The maximum atomic E-state index is 13.2. The molecule has 1 fully saturated rings. The van der Waals surface area contributed by atoms with Crippen LogP contribution < -0.4 is 4.90 Å². The molecule has 31 heavy (non-hydrogen) atoms. The Bertz CT molecular complexity index is 1350. The predicted molar refractivity (Wildman–Crippen MR) is 121 cm³/mol. The third-order valence-corrected chi connectivity index (χ3v) is 7.87. The van der Waals surface area contributed by atoms with Crippen LogP contribution >= 0.6 is 11.7 Å². The first-order valence-corrected chi connectivity index (χ1v) is 12.0. The second kappa shape index (κ2) is 7.95. The van der Waals surface area contributed by atoms with Gasteiger partial charge in [0.05, 0.1) is 17.4 Å². The largest absolute Gasteiger partial charge is 0.354 e. The third-order valence-electron chi connectivity index (χ3n) is 5.40. The summed E-state index contributed by atoms with van der Waals surface area (Å²) in [5, 5.41) is 0. The minimum Gasteiger partial charge on any atom is -0.354 e. The lowest BCUT2D eigenvalue weighted by molar-refractivity contribution is 0.384. The highest BCUT2D eigenvalue weighted by Gasteiger charge is 2.31. The molecular formula is C21H20N6O2S2. The molecule has 0 bridgehead atoms. The van der Waals surface area contributed by atoms with Crippen molar-refractivity contribution < 1.29 is 8.42 Å². The van der Waals surface area contributed by atoms with Crippen LogP contribution in [0.3, 0.4) is 0 Å². The van der Waals surface area contributed by atoms with Crippen molar-refractivity contribution in [3.63, 3.8) is 0 Å². The van der Waals surface area contributed by atoms with Crippen LogP contribution in [0.5, 0.6) is 0 Å². The maximum absolute atomic E-state index is 13.2. The van der Waals surface area contributed by atoms with Crippen molar-refractivity contribution in [2.45, 2.75) is 11.8 Å². The Balaban J connectivity index is 1.35. The van der Waals surface area contributed by atoms with Crippen molar-refractivity contribution in [1.82, 2.24) is 23.0 Å². The lowest BCUT2D eigenvalue weighted by Gasteiger charge is -2.34. The topological polar surface area (TPSA) is 92.2 Å². The lowest BCUT2D eigenvalue weighted by Crippen LogP contribution is -2.49. The second-order valence-electron chi connectivity index (χ2n) is 7.41. The molecule has 0 spiro atoms. The molecule has 10 heteroatoms. The molecule has 2 aromatic heterocycles. The smallest absolute Gasteiger partial charge is 0.245 e. The van der Waals surface area contributed by atoms with Gasteiger partial charge in [0, 0.05) is 37.8 Å². The minimum atomic E-state index is -3.64. The van der Waals surface area contributed by atoms with Crippen LogP contribution in [0.2, 0.25) is 0 Å². The molecule has 1 aliphatic heterocycles. The zero-order valence-electron chi connectivity index (χ0n) is 16.8. The van der Waals surface area contributed by atoms with Crippen molar-refractivity contribution >= 4 is 38.6 Å². The number of nitrogens with zero attached hydrogens (tertiary/aromatic N) is 6. The normalized spacial score (nSPS) is 15.5. The zero-order chi connectivity index (χ0) is 21.4. The van der Waals surface area contributed by atoms with Crippen LogP contribution in [0.25, 0.3) is 22.3 Å². The Morgan fingerprint density at radius 3 is 2.55 bits per heavy atom. The summed E-state index contributed by atoms with van der Waals surface area (Å²) in [7, 11) is -3.64. The number of anilines is 1. The van der Waals surface area contributed by atoms with Gasteiger partial charge in [-0.3, -0.25) is 0 Å². The molecule has 158 valence electrons. The highest BCUT2D eigenvalue weighted by Crippen LogP contribution is 2.27. The van der Waals surface area contributed by atoms with Crippen LogP contribution in [0.1, 0.15) is 5.56 Å². The van der Waals surface area contributed by atoms with E-state index in [0.717, 1.165) is 28.8 Å². The summed E-state index contributed by atoms with van der Waals surface area (Å²) in [5.41, 5.74) is 4.10. The quantitative estimate of drug-likeness (QED) is 0.470. The highest BCUT2D eigenvalue weighted by molar-refractivity contribution is 7.89. The zero-order valence-corrected chi connectivity index (χ0v) is 18.5. The molecule has 0 saturated carbocycles. The Morgan fingerprint density at radius 1 is 0.935 bits per heavy atom. The summed E-state index contributed by atoms with van der Waals surface area (Å²) >= 11 is 1.02. The summed E-state index contributed by atoms with van der Waals surface area (Å²) in [6.07, 6.45) is 1.56. The Hall–Kier alpha value is -2.95. The van der Waals surface area contributed by atoms with Crippen LogP contribution in [0.4, 0.5) is 5.82 Å². The summed E-state index contributed by atoms with van der Waals surface area (Å²) in [5.74, 6) is 0.800. The van der Waals surface area contributed by atoms with E-state index in [9.17, 15) is 8.42 Å². The molecule has 5 rings (SSSR count). The third kappa shape index (κ3) is 3.78.